The van der Waals surface area contributed by atoms with E-state index in [2.05, 4.69) is 18.3 Å². The highest BCUT2D eigenvalue weighted by atomic mass is 14.8. The Morgan fingerprint density at radius 2 is 1.89 bits per heavy atom. The maximum atomic E-state index is 3.62. The van der Waals surface area contributed by atoms with Crippen LogP contribution in [0, 0.1) is 11.8 Å². The van der Waals surface area contributed by atoms with E-state index >= 15 is 0 Å². The van der Waals surface area contributed by atoms with Crippen molar-refractivity contribution in [2.45, 2.75) is 71.1 Å². The van der Waals surface area contributed by atoms with Crippen LogP contribution in [0.4, 0.5) is 0 Å². The Morgan fingerprint density at radius 1 is 1.11 bits per heavy atom. The third-order valence-electron chi connectivity index (χ3n) is 4.89. The van der Waals surface area contributed by atoms with E-state index in [1.54, 1.807) is 5.57 Å². The zero-order chi connectivity index (χ0) is 12.6. The summed E-state index contributed by atoms with van der Waals surface area (Å²) in [6, 6.07) is 0. The smallest absolute Gasteiger partial charge is 0.00194 e. The first kappa shape index (κ1) is 14.1. The predicted molar refractivity (Wildman–Crippen MR) is 79.8 cm³/mol. The number of hydrogen-bond donors (Lipinski definition) is 1. The van der Waals surface area contributed by atoms with Crippen LogP contribution in [0.15, 0.2) is 11.6 Å². The van der Waals surface area contributed by atoms with Crippen molar-refractivity contribution in [3.63, 3.8) is 0 Å². The largest absolute Gasteiger partial charge is 0.316 e. The minimum atomic E-state index is 0.850. The van der Waals surface area contributed by atoms with Gasteiger partial charge in [-0.25, -0.2) is 0 Å². The highest BCUT2D eigenvalue weighted by Crippen LogP contribution is 2.36. The van der Waals surface area contributed by atoms with Gasteiger partial charge in [-0.3, -0.25) is 0 Å². The van der Waals surface area contributed by atoms with Crippen LogP contribution in [-0.2, 0) is 0 Å². The van der Waals surface area contributed by atoms with Gasteiger partial charge in [-0.05, 0) is 56.9 Å². The quantitative estimate of drug-likeness (QED) is 0.551. The summed E-state index contributed by atoms with van der Waals surface area (Å²) in [5.74, 6) is 1.82. The standard InChI is InChI=1S/C17H31N/c1-2-18-14-17(16-12-8-5-9-13-16)15-10-6-3-4-7-11-15/h12,15,17-18H,2-11,13-14H2,1H3. The fourth-order valence-electron chi connectivity index (χ4n) is 3.81. The fraction of sp³-hybridized carbons (Fsp3) is 0.882. The van der Waals surface area contributed by atoms with Gasteiger partial charge < -0.3 is 5.32 Å². The van der Waals surface area contributed by atoms with Crippen LogP contribution in [0.1, 0.15) is 71.1 Å². The van der Waals surface area contributed by atoms with Crippen molar-refractivity contribution in [1.82, 2.24) is 5.32 Å². The summed E-state index contributed by atoms with van der Waals surface area (Å²) < 4.78 is 0. The Bertz CT molecular complexity index is 248. The molecule has 0 bridgehead atoms. The Hall–Kier alpha value is -0.300. The molecule has 0 aromatic heterocycles. The van der Waals surface area contributed by atoms with E-state index in [-0.39, 0.29) is 0 Å². The van der Waals surface area contributed by atoms with Crippen LogP contribution in [0.5, 0.6) is 0 Å². The van der Waals surface area contributed by atoms with Gasteiger partial charge in [0, 0.05) is 6.54 Å². The van der Waals surface area contributed by atoms with Gasteiger partial charge in [0.25, 0.3) is 0 Å². The fourth-order valence-corrected chi connectivity index (χ4v) is 3.81. The molecular formula is C17H31N. The van der Waals surface area contributed by atoms with Crippen LogP contribution >= 0.6 is 0 Å². The maximum absolute atomic E-state index is 3.62. The topological polar surface area (TPSA) is 12.0 Å². The third-order valence-corrected chi connectivity index (χ3v) is 4.89. The molecule has 1 atom stereocenters. The van der Waals surface area contributed by atoms with Crippen molar-refractivity contribution in [1.29, 1.82) is 0 Å². The molecule has 18 heavy (non-hydrogen) atoms. The van der Waals surface area contributed by atoms with Gasteiger partial charge in [0.1, 0.15) is 0 Å². The van der Waals surface area contributed by atoms with Gasteiger partial charge in [-0.1, -0.05) is 44.3 Å². The zero-order valence-electron chi connectivity index (χ0n) is 12.2. The highest BCUT2D eigenvalue weighted by molar-refractivity contribution is 5.11. The Balaban J connectivity index is 1.99. The van der Waals surface area contributed by atoms with Gasteiger partial charge in [0.2, 0.25) is 0 Å². The van der Waals surface area contributed by atoms with E-state index in [0.717, 1.165) is 18.4 Å². The zero-order valence-corrected chi connectivity index (χ0v) is 12.2. The van der Waals surface area contributed by atoms with E-state index in [4.69, 9.17) is 0 Å². The Labute approximate surface area is 113 Å². The summed E-state index contributed by atoms with van der Waals surface area (Å²) in [5, 5.41) is 3.62. The summed E-state index contributed by atoms with van der Waals surface area (Å²) in [5.41, 5.74) is 1.80. The van der Waals surface area contributed by atoms with Crippen molar-refractivity contribution in [3.8, 4) is 0 Å². The van der Waals surface area contributed by atoms with E-state index in [0.29, 0.717) is 0 Å². The molecule has 0 aliphatic heterocycles. The molecule has 1 heteroatoms. The molecule has 0 aromatic rings. The number of rotatable bonds is 5. The molecule has 0 spiro atoms. The van der Waals surface area contributed by atoms with Gasteiger partial charge in [0.15, 0.2) is 0 Å². The van der Waals surface area contributed by atoms with E-state index in [9.17, 15) is 0 Å². The van der Waals surface area contributed by atoms with Gasteiger partial charge in [-0.2, -0.15) is 0 Å². The summed E-state index contributed by atoms with van der Waals surface area (Å²) >= 11 is 0. The van der Waals surface area contributed by atoms with Crippen molar-refractivity contribution >= 4 is 0 Å². The second kappa shape index (κ2) is 7.99. The molecule has 0 radical (unpaired) electrons. The lowest BCUT2D eigenvalue weighted by atomic mass is 9.77. The lowest BCUT2D eigenvalue weighted by Gasteiger charge is -2.30. The molecule has 0 amide bonds. The molecule has 104 valence electrons. The van der Waals surface area contributed by atoms with E-state index < -0.39 is 0 Å². The maximum Gasteiger partial charge on any atom is 0.00194 e. The molecular weight excluding hydrogens is 218 g/mol. The van der Waals surface area contributed by atoms with Crippen LogP contribution < -0.4 is 5.32 Å². The molecule has 1 nitrogen and oxygen atoms in total. The minimum Gasteiger partial charge on any atom is -0.316 e. The molecule has 0 aromatic carbocycles. The van der Waals surface area contributed by atoms with Crippen LogP contribution in [0.2, 0.25) is 0 Å². The van der Waals surface area contributed by atoms with Crippen LogP contribution in [0.25, 0.3) is 0 Å². The minimum absolute atomic E-state index is 0.850. The van der Waals surface area contributed by atoms with E-state index in [1.165, 1.54) is 70.8 Å². The molecule has 2 rings (SSSR count). The number of hydrogen-bond acceptors (Lipinski definition) is 1. The van der Waals surface area contributed by atoms with Gasteiger partial charge in [-0.15, -0.1) is 0 Å². The van der Waals surface area contributed by atoms with Crippen LogP contribution in [-0.4, -0.2) is 13.1 Å². The number of nitrogens with one attached hydrogen (secondary N) is 1. The average Bonchev–Trinajstić information content (AvgIpc) is 2.70. The molecule has 1 saturated carbocycles. The first-order chi connectivity index (χ1) is 8.92. The van der Waals surface area contributed by atoms with Crippen molar-refractivity contribution in [2.75, 3.05) is 13.1 Å². The first-order valence-electron chi connectivity index (χ1n) is 8.31. The number of allylic oxidation sites excluding steroid dienone is 1. The summed E-state index contributed by atoms with van der Waals surface area (Å²) in [6.45, 7) is 4.59. The van der Waals surface area contributed by atoms with E-state index in [1.807, 2.05) is 0 Å². The van der Waals surface area contributed by atoms with Crippen molar-refractivity contribution in [3.05, 3.63) is 11.6 Å². The second-order valence-corrected chi connectivity index (χ2v) is 6.19. The normalized spacial score (nSPS) is 24.4. The van der Waals surface area contributed by atoms with Crippen LogP contribution in [0.3, 0.4) is 0 Å². The Kier molecular flexibility index (Phi) is 6.26. The van der Waals surface area contributed by atoms with Crippen molar-refractivity contribution < 1.29 is 0 Å². The van der Waals surface area contributed by atoms with Gasteiger partial charge in [0.05, 0.1) is 0 Å². The molecule has 2 aliphatic carbocycles. The SMILES string of the molecule is CCNCC(C1=CCCCC1)C1CCCCCC1. The Morgan fingerprint density at radius 3 is 2.50 bits per heavy atom. The summed E-state index contributed by atoms with van der Waals surface area (Å²) in [4.78, 5) is 0. The molecule has 1 unspecified atom stereocenters. The first-order valence-corrected chi connectivity index (χ1v) is 8.31. The summed E-state index contributed by atoms with van der Waals surface area (Å²) in [6.07, 6.45) is 17.0. The lowest BCUT2D eigenvalue weighted by molar-refractivity contribution is 0.315. The second-order valence-electron chi connectivity index (χ2n) is 6.19. The monoisotopic (exact) mass is 249 g/mol. The summed E-state index contributed by atoms with van der Waals surface area (Å²) in [7, 11) is 0. The average molecular weight is 249 g/mol. The third kappa shape index (κ3) is 4.12. The van der Waals surface area contributed by atoms with Gasteiger partial charge >= 0.3 is 0 Å². The molecule has 1 fully saturated rings. The molecule has 1 N–H and O–H groups in total. The molecule has 2 aliphatic rings. The molecule has 0 saturated heterocycles. The predicted octanol–water partition coefficient (Wildman–Crippen LogP) is 4.68. The van der Waals surface area contributed by atoms with Crippen molar-refractivity contribution in [2.24, 2.45) is 11.8 Å². The highest BCUT2D eigenvalue weighted by Gasteiger charge is 2.25. The molecule has 0 heterocycles. The lowest BCUT2D eigenvalue weighted by Crippen LogP contribution is -2.30.